The molecular formula is C18H26FN5O. The van der Waals surface area contributed by atoms with Crippen molar-refractivity contribution in [1.82, 2.24) is 20.0 Å². The lowest BCUT2D eigenvalue weighted by Crippen LogP contribution is -2.41. The Morgan fingerprint density at radius 2 is 2.20 bits per heavy atom. The van der Waals surface area contributed by atoms with Gasteiger partial charge in [-0.2, -0.15) is 5.10 Å². The third-order valence-electron chi connectivity index (χ3n) is 3.57. The summed E-state index contributed by atoms with van der Waals surface area (Å²) in [6, 6.07) is 6.41. The molecule has 1 N–H and O–H groups in total. The average molecular weight is 347 g/mol. The molecular weight excluding hydrogens is 321 g/mol. The molecule has 1 heterocycles. The van der Waals surface area contributed by atoms with Crippen LogP contribution in [0.3, 0.4) is 0 Å². The van der Waals surface area contributed by atoms with Gasteiger partial charge in [-0.15, -0.1) is 0 Å². The van der Waals surface area contributed by atoms with E-state index in [-0.39, 0.29) is 11.6 Å². The predicted molar refractivity (Wildman–Crippen MR) is 97.5 cm³/mol. The van der Waals surface area contributed by atoms with Crippen molar-refractivity contribution in [1.29, 1.82) is 0 Å². The van der Waals surface area contributed by atoms with Crippen molar-refractivity contribution >= 4 is 5.96 Å². The van der Waals surface area contributed by atoms with Crippen LogP contribution in [-0.2, 0) is 6.54 Å². The van der Waals surface area contributed by atoms with Gasteiger partial charge < -0.3 is 15.0 Å². The zero-order valence-corrected chi connectivity index (χ0v) is 15.1. The summed E-state index contributed by atoms with van der Waals surface area (Å²) in [5.74, 6) is 0.718. The maximum Gasteiger partial charge on any atom is 0.193 e. The quantitative estimate of drug-likeness (QED) is 0.588. The summed E-state index contributed by atoms with van der Waals surface area (Å²) in [4.78, 5) is 6.57. The lowest BCUT2D eigenvalue weighted by molar-refractivity contribution is 0.270. The molecule has 0 aliphatic carbocycles. The average Bonchev–Trinajstić information content (AvgIpc) is 3.01. The van der Waals surface area contributed by atoms with E-state index >= 15 is 0 Å². The van der Waals surface area contributed by atoms with Crippen molar-refractivity contribution in [2.45, 2.75) is 20.4 Å². The first-order valence-corrected chi connectivity index (χ1v) is 8.46. The number of para-hydroxylation sites is 1. The minimum absolute atomic E-state index is 0.270. The third kappa shape index (κ3) is 6.10. The molecule has 0 amide bonds. The summed E-state index contributed by atoms with van der Waals surface area (Å²) in [6.07, 6.45) is 3.83. The molecule has 1 aromatic heterocycles. The Balaban J connectivity index is 1.83. The summed E-state index contributed by atoms with van der Waals surface area (Å²) in [6.45, 7) is 7.14. The fraction of sp³-hybridized carbons (Fsp3) is 0.444. The second-order valence-corrected chi connectivity index (χ2v) is 5.72. The molecule has 0 saturated carbocycles. The predicted octanol–water partition coefficient (Wildman–Crippen LogP) is 2.31. The molecule has 0 unspecified atom stereocenters. The lowest BCUT2D eigenvalue weighted by atomic mass is 10.3. The molecule has 0 atom stereocenters. The highest BCUT2D eigenvalue weighted by Crippen LogP contribution is 2.14. The molecule has 136 valence electrons. The van der Waals surface area contributed by atoms with Crippen molar-refractivity contribution < 1.29 is 9.13 Å². The Morgan fingerprint density at radius 3 is 2.88 bits per heavy atom. The number of likely N-dealkylation sites (N-methyl/N-ethyl adjacent to an activating group) is 1. The number of hydrogen-bond acceptors (Lipinski definition) is 3. The second kappa shape index (κ2) is 9.66. The molecule has 0 spiro atoms. The SMILES string of the molecule is CCNC(=NCCn1cc(C)cn1)N(C)CCOc1ccccc1F. The van der Waals surface area contributed by atoms with Crippen LogP contribution in [0.1, 0.15) is 12.5 Å². The van der Waals surface area contributed by atoms with Crippen LogP contribution in [-0.4, -0.2) is 53.9 Å². The number of hydrogen-bond donors (Lipinski definition) is 1. The van der Waals surface area contributed by atoms with Crippen LogP contribution in [0, 0.1) is 12.7 Å². The Morgan fingerprint density at radius 1 is 1.40 bits per heavy atom. The van der Waals surface area contributed by atoms with Crippen molar-refractivity contribution in [3.63, 3.8) is 0 Å². The van der Waals surface area contributed by atoms with Gasteiger partial charge in [0.1, 0.15) is 6.61 Å². The highest BCUT2D eigenvalue weighted by molar-refractivity contribution is 5.79. The molecule has 25 heavy (non-hydrogen) atoms. The number of nitrogens with zero attached hydrogens (tertiary/aromatic N) is 4. The van der Waals surface area contributed by atoms with Crippen LogP contribution in [0.25, 0.3) is 0 Å². The van der Waals surface area contributed by atoms with E-state index in [0.29, 0.717) is 19.7 Å². The molecule has 0 bridgehead atoms. The smallest absolute Gasteiger partial charge is 0.193 e. The van der Waals surface area contributed by atoms with Crippen LogP contribution in [0.15, 0.2) is 41.7 Å². The van der Waals surface area contributed by atoms with E-state index in [4.69, 9.17) is 4.74 Å². The van der Waals surface area contributed by atoms with Crippen LogP contribution in [0.5, 0.6) is 5.75 Å². The van der Waals surface area contributed by atoms with Crippen LogP contribution in [0.4, 0.5) is 4.39 Å². The number of ether oxygens (including phenoxy) is 1. The lowest BCUT2D eigenvalue weighted by Gasteiger charge is -2.22. The topological polar surface area (TPSA) is 54.7 Å². The highest BCUT2D eigenvalue weighted by atomic mass is 19.1. The minimum Gasteiger partial charge on any atom is -0.489 e. The van der Waals surface area contributed by atoms with Gasteiger partial charge in [-0.3, -0.25) is 9.67 Å². The summed E-state index contributed by atoms with van der Waals surface area (Å²) in [7, 11) is 1.93. The Hall–Kier alpha value is -2.57. The van der Waals surface area contributed by atoms with Crippen molar-refractivity contribution in [3.05, 3.63) is 48.0 Å². The van der Waals surface area contributed by atoms with Crippen LogP contribution >= 0.6 is 0 Å². The van der Waals surface area contributed by atoms with E-state index in [9.17, 15) is 4.39 Å². The summed E-state index contributed by atoms with van der Waals surface area (Å²) >= 11 is 0. The molecule has 1 aromatic carbocycles. The molecule has 0 aliphatic rings. The molecule has 2 aromatic rings. The number of guanidine groups is 1. The van der Waals surface area contributed by atoms with Crippen molar-refractivity contribution in [2.75, 3.05) is 33.3 Å². The first-order valence-electron chi connectivity index (χ1n) is 8.46. The van der Waals surface area contributed by atoms with Gasteiger partial charge in [0.05, 0.1) is 25.8 Å². The highest BCUT2D eigenvalue weighted by Gasteiger charge is 2.07. The zero-order valence-electron chi connectivity index (χ0n) is 15.1. The number of aryl methyl sites for hydroxylation is 1. The summed E-state index contributed by atoms with van der Waals surface area (Å²) in [5, 5.41) is 7.50. The van der Waals surface area contributed by atoms with E-state index in [2.05, 4.69) is 15.4 Å². The van der Waals surface area contributed by atoms with Gasteiger partial charge in [-0.1, -0.05) is 12.1 Å². The number of halogens is 1. The second-order valence-electron chi connectivity index (χ2n) is 5.72. The van der Waals surface area contributed by atoms with Gasteiger partial charge in [-0.05, 0) is 31.5 Å². The third-order valence-corrected chi connectivity index (χ3v) is 3.57. The number of rotatable bonds is 8. The van der Waals surface area contributed by atoms with Crippen molar-refractivity contribution in [2.24, 2.45) is 4.99 Å². The molecule has 7 heteroatoms. The number of benzene rings is 1. The first kappa shape index (κ1) is 18.8. The maximum absolute atomic E-state index is 13.5. The van der Waals surface area contributed by atoms with Gasteiger partial charge >= 0.3 is 0 Å². The monoisotopic (exact) mass is 347 g/mol. The Bertz CT molecular complexity index is 686. The molecule has 0 radical (unpaired) electrons. The molecule has 0 fully saturated rings. The number of aromatic nitrogens is 2. The normalized spacial score (nSPS) is 11.4. The molecule has 2 rings (SSSR count). The van der Waals surface area contributed by atoms with Gasteiger partial charge in [-0.25, -0.2) is 4.39 Å². The maximum atomic E-state index is 13.5. The first-order chi connectivity index (χ1) is 12.1. The van der Waals surface area contributed by atoms with E-state index in [0.717, 1.165) is 24.6 Å². The zero-order chi connectivity index (χ0) is 18.1. The molecule has 6 nitrogen and oxygen atoms in total. The van der Waals surface area contributed by atoms with Gasteiger partial charge in [0, 0.05) is 19.8 Å². The van der Waals surface area contributed by atoms with Crippen LogP contribution < -0.4 is 10.1 Å². The van der Waals surface area contributed by atoms with Crippen molar-refractivity contribution in [3.8, 4) is 5.75 Å². The van der Waals surface area contributed by atoms with E-state index < -0.39 is 0 Å². The molecule has 0 saturated heterocycles. The largest absolute Gasteiger partial charge is 0.489 e. The summed E-state index contributed by atoms with van der Waals surface area (Å²) in [5.41, 5.74) is 1.14. The number of aliphatic imine (C=N–C) groups is 1. The van der Waals surface area contributed by atoms with Gasteiger partial charge in [0.25, 0.3) is 0 Å². The van der Waals surface area contributed by atoms with E-state index in [1.807, 2.05) is 42.9 Å². The summed E-state index contributed by atoms with van der Waals surface area (Å²) < 4.78 is 20.9. The fourth-order valence-corrected chi connectivity index (χ4v) is 2.28. The Kier molecular flexibility index (Phi) is 7.25. The fourth-order valence-electron chi connectivity index (χ4n) is 2.28. The minimum atomic E-state index is -0.347. The van der Waals surface area contributed by atoms with E-state index in [1.54, 1.807) is 18.2 Å². The molecule has 0 aliphatic heterocycles. The number of nitrogens with one attached hydrogen (secondary N) is 1. The standard InChI is InChI=1S/C18H26FN5O/c1-4-20-18(21-9-10-24-14-15(2)13-22-24)23(3)11-12-25-17-8-6-5-7-16(17)19/h5-8,13-14H,4,9-12H2,1-3H3,(H,20,21). The Labute approximate surface area is 148 Å². The van der Waals surface area contributed by atoms with E-state index in [1.165, 1.54) is 6.07 Å². The van der Waals surface area contributed by atoms with Gasteiger partial charge in [0.2, 0.25) is 0 Å². The van der Waals surface area contributed by atoms with Gasteiger partial charge in [0.15, 0.2) is 17.5 Å². The van der Waals surface area contributed by atoms with Crippen LogP contribution in [0.2, 0.25) is 0 Å².